The van der Waals surface area contributed by atoms with Gasteiger partial charge in [-0.3, -0.25) is 4.90 Å². The van der Waals surface area contributed by atoms with Gasteiger partial charge in [0.15, 0.2) is 0 Å². The maximum atomic E-state index is 13.0. The zero-order chi connectivity index (χ0) is 12.8. The first kappa shape index (κ1) is 13.3. The SMILES string of the molecule is Oc1cc(F)cc(CNCCN2CCOCC2)c1. The summed E-state index contributed by atoms with van der Waals surface area (Å²) in [7, 11) is 0. The number of halogens is 1. The second-order valence-corrected chi connectivity index (χ2v) is 4.45. The summed E-state index contributed by atoms with van der Waals surface area (Å²) in [5.41, 5.74) is 0.759. The first-order valence-corrected chi connectivity index (χ1v) is 6.23. The van der Waals surface area contributed by atoms with Gasteiger partial charge in [-0.1, -0.05) is 0 Å². The Kier molecular flexibility index (Phi) is 4.92. The zero-order valence-corrected chi connectivity index (χ0v) is 10.4. The number of benzene rings is 1. The maximum Gasteiger partial charge on any atom is 0.127 e. The van der Waals surface area contributed by atoms with Crippen LogP contribution in [-0.2, 0) is 11.3 Å². The molecule has 0 aliphatic carbocycles. The predicted octanol–water partition coefficient (Wildman–Crippen LogP) is 0.953. The Labute approximate surface area is 106 Å². The molecule has 1 aromatic rings. The maximum absolute atomic E-state index is 13.0. The quantitative estimate of drug-likeness (QED) is 0.768. The van der Waals surface area contributed by atoms with Crippen molar-refractivity contribution in [3.63, 3.8) is 0 Å². The Bertz CT molecular complexity index is 361. The second-order valence-electron chi connectivity index (χ2n) is 4.45. The van der Waals surface area contributed by atoms with Gasteiger partial charge in [0.25, 0.3) is 0 Å². The molecule has 5 heteroatoms. The van der Waals surface area contributed by atoms with Crippen molar-refractivity contribution in [3.8, 4) is 5.75 Å². The van der Waals surface area contributed by atoms with Gasteiger partial charge in [0.05, 0.1) is 13.2 Å². The summed E-state index contributed by atoms with van der Waals surface area (Å²) < 4.78 is 18.3. The van der Waals surface area contributed by atoms with E-state index in [-0.39, 0.29) is 5.75 Å². The van der Waals surface area contributed by atoms with E-state index in [1.54, 1.807) is 6.07 Å². The summed E-state index contributed by atoms with van der Waals surface area (Å²) in [5, 5.41) is 12.5. The van der Waals surface area contributed by atoms with Gasteiger partial charge in [-0.05, 0) is 17.7 Å². The van der Waals surface area contributed by atoms with Gasteiger partial charge in [-0.15, -0.1) is 0 Å². The molecule has 1 aliphatic heterocycles. The van der Waals surface area contributed by atoms with Gasteiger partial charge < -0.3 is 15.2 Å². The number of aromatic hydroxyl groups is 1. The Morgan fingerprint density at radius 1 is 1.28 bits per heavy atom. The summed E-state index contributed by atoms with van der Waals surface area (Å²) in [6.07, 6.45) is 0. The average molecular weight is 254 g/mol. The molecule has 2 N–H and O–H groups in total. The number of rotatable bonds is 5. The van der Waals surface area contributed by atoms with Crippen molar-refractivity contribution in [1.29, 1.82) is 0 Å². The van der Waals surface area contributed by atoms with Gasteiger partial charge in [-0.2, -0.15) is 0 Å². The van der Waals surface area contributed by atoms with Crippen molar-refractivity contribution < 1.29 is 14.2 Å². The van der Waals surface area contributed by atoms with Gasteiger partial charge in [0.2, 0.25) is 0 Å². The van der Waals surface area contributed by atoms with Crippen LogP contribution in [0, 0.1) is 5.82 Å². The molecule has 0 amide bonds. The number of morpholine rings is 1. The van der Waals surface area contributed by atoms with Gasteiger partial charge in [0, 0.05) is 38.8 Å². The molecule has 0 atom stereocenters. The highest BCUT2D eigenvalue weighted by Crippen LogP contribution is 2.14. The zero-order valence-electron chi connectivity index (χ0n) is 10.4. The summed E-state index contributed by atoms with van der Waals surface area (Å²) in [5.74, 6) is -0.431. The van der Waals surface area contributed by atoms with E-state index in [1.165, 1.54) is 6.07 Å². The van der Waals surface area contributed by atoms with Crippen molar-refractivity contribution in [2.24, 2.45) is 0 Å². The Hall–Kier alpha value is -1.17. The highest BCUT2D eigenvalue weighted by Gasteiger charge is 2.09. The molecule has 0 unspecified atom stereocenters. The predicted molar refractivity (Wildman–Crippen MR) is 67.0 cm³/mol. The Balaban J connectivity index is 1.68. The average Bonchev–Trinajstić information content (AvgIpc) is 2.35. The van der Waals surface area contributed by atoms with Crippen molar-refractivity contribution in [2.75, 3.05) is 39.4 Å². The summed E-state index contributed by atoms with van der Waals surface area (Å²) in [6.45, 7) is 5.93. The van der Waals surface area contributed by atoms with Crippen molar-refractivity contribution in [2.45, 2.75) is 6.54 Å². The van der Waals surface area contributed by atoms with E-state index in [4.69, 9.17) is 4.74 Å². The van der Waals surface area contributed by atoms with E-state index in [0.29, 0.717) is 6.54 Å². The molecule has 0 aromatic heterocycles. The van der Waals surface area contributed by atoms with Crippen LogP contribution in [0.5, 0.6) is 5.75 Å². The molecule has 2 rings (SSSR count). The summed E-state index contributed by atoms with van der Waals surface area (Å²) >= 11 is 0. The molecule has 0 radical (unpaired) electrons. The van der Waals surface area contributed by atoms with E-state index in [0.717, 1.165) is 51.0 Å². The Morgan fingerprint density at radius 3 is 2.78 bits per heavy atom. The normalized spacial score (nSPS) is 16.9. The van der Waals surface area contributed by atoms with Crippen LogP contribution in [-0.4, -0.2) is 49.4 Å². The van der Waals surface area contributed by atoms with E-state index in [2.05, 4.69) is 10.2 Å². The number of hydrogen-bond donors (Lipinski definition) is 2. The summed E-state index contributed by atoms with van der Waals surface area (Å²) in [6, 6.07) is 4.11. The molecular formula is C13H19FN2O2. The monoisotopic (exact) mass is 254 g/mol. The van der Waals surface area contributed by atoms with Gasteiger partial charge in [-0.25, -0.2) is 4.39 Å². The van der Waals surface area contributed by atoms with Crippen molar-refractivity contribution >= 4 is 0 Å². The molecule has 0 spiro atoms. The van der Waals surface area contributed by atoms with E-state index >= 15 is 0 Å². The topological polar surface area (TPSA) is 44.7 Å². The molecule has 1 heterocycles. The smallest absolute Gasteiger partial charge is 0.127 e. The van der Waals surface area contributed by atoms with Crippen LogP contribution in [0.25, 0.3) is 0 Å². The molecule has 1 fully saturated rings. The molecule has 100 valence electrons. The molecule has 0 bridgehead atoms. The molecule has 1 aromatic carbocycles. The van der Waals surface area contributed by atoms with Crippen molar-refractivity contribution in [1.82, 2.24) is 10.2 Å². The number of hydrogen-bond acceptors (Lipinski definition) is 4. The standard InChI is InChI=1S/C13H19FN2O2/c14-12-7-11(8-13(17)9-12)10-15-1-2-16-3-5-18-6-4-16/h7-9,15,17H,1-6,10H2. The fraction of sp³-hybridized carbons (Fsp3) is 0.538. The second kappa shape index (κ2) is 6.68. The van der Waals surface area contributed by atoms with Crippen LogP contribution in [0.4, 0.5) is 4.39 Å². The first-order valence-electron chi connectivity index (χ1n) is 6.23. The highest BCUT2D eigenvalue weighted by molar-refractivity contribution is 5.28. The Morgan fingerprint density at radius 2 is 2.06 bits per heavy atom. The minimum Gasteiger partial charge on any atom is -0.508 e. The number of nitrogens with one attached hydrogen (secondary N) is 1. The lowest BCUT2D eigenvalue weighted by Gasteiger charge is -2.26. The first-order chi connectivity index (χ1) is 8.74. The molecule has 1 aliphatic rings. The van der Waals surface area contributed by atoms with Gasteiger partial charge in [0.1, 0.15) is 11.6 Å². The molecular weight excluding hydrogens is 235 g/mol. The third-order valence-corrected chi connectivity index (χ3v) is 2.98. The fourth-order valence-corrected chi connectivity index (χ4v) is 2.03. The highest BCUT2D eigenvalue weighted by atomic mass is 19.1. The fourth-order valence-electron chi connectivity index (χ4n) is 2.03. The molecule has 1 saturated heterocycles. The third-order valence-electron chi connectivity index (χ3n) is 2.98. The van der Waals surface area contributed by atoms with Crippen LogP contribution in [0.15, 0.2) is 18.2 Å². The number of ether oxygens (including phenoxy) is 1. The minimum atomic E-state index is -0.403. The van der Waals surface area contributed by atoms with E-state index < -0.39 is 5.82 Å². The third kappa shape index (κ3) is 4.25. The lowest BCUT2D eigenvalue weighted by Crippen LogP contribution is -2.40. The summed E-state index contributed by atoms with van der Waals surface area (Å²) in [4.78, 5) is 2.33. The molecule has 18 heavy (non-hydrogen) atoms. The van der Waals surface area contributed by atoms with Crippen LogP contribution < -0.4 is 5.32 Å². The van der Waals surface area contributed by atoms with Crippen molar-refractivity contribution in [3.05, 3.63) is 29.6 Å². The number of nitrogens with zero attached hydrogens (tertiary/aromatic N) is 1. The largest absolute Gasteiger partial charge is 0.508 e. The molecule has 4 nitrogen and oxygen atoms in total. The van der Waals surface area contributed by atoms with Crippen LogP contribution in [0.3, 0.4) is 0 Å². The van der Waals surface area contributed by atoms with Crippen LogP contribution >= 0.6 is 0 Å². The minimum absolute atomic E-state index is 0.0278. The lowest BCUT2D eigenvalue weighted by molar-refractivity contribution is 0.0384. The lowest BCUT2D eigenvalue weighted by atomic mass is 10.2. The molecule has 0 saturated carbocycles. The number of phenols is 1. The van der Waals surface area contributed by atoms with Gasteiger partial charge >= 0.3 is 0 Å². The van der Waals surface area contributed by atoms with Crippen LogP contribution in [0.2, 0.25) is 0 Å². The number of phenolic OH excluding ortho intramolecular Hbond substituents is 1. The van der Waals surface area contributed by atoms with E-state index in [9.17, 15) is 9.50 Å². The van der Waals surface area contributed by atoms with E-state index in [1.807, 2.05) is 0 Å². The van der Waals surface area contributed by atoms with Crippen LogP contribution in [0.1, 0.15) is 5.56 Å².